The molecule has 0 saturated heterocycles. The molecular formula is C14H15N3O4. The van der Waals surface area contributed by atoms with Crippen LogP contribution in [-0.4, -0.2) is 27.0 Å². The lowest BCUT2D eigenvalue weighted by Crippen LogP contribution is -2.51. The van der Waals surface area contributed by atoms with Crippen molar-refractivity contribution in [1.82, 2.24) is 15.3 Å². The number of hydrogen-bond acceptors (Lipinski definition) is 4. The Morgan fingerprint density at radius 3 is 2.71 bits per heavy atom. The second-order valence-corrected chi connectivity index (χ2v) is 5.29. The molecule has 0 spiro atoms. The molecule has 0 aliphatic heterocycles. The number of carbonyl (C=O) groups is 2. The Morgan fingerprint density at radius 1 is 1.48 bits per heavy atom. The SMILES string of the molecule is Cc1cc(C(=O)NC2(c3ncc(C(=O)O)[nH]3)CCC2)co1. The van der Waals surface area contributed by atoms with Gasteiger partial charge in [0.05, 0.1) is 17.3 Å². The van der Waals surface area contributed by atoms with Gasteiger partial charge in [-0.1, -0.05) is 0 Å². The zero-order valence-corrected chi connectivity index (χ0v) is 11.5. The number of furan rings is 1. The Labute approximate surface area is 120 Å². The number of imidazole rings is 1. The van der Waals surface area contributed by atoms with Crippen LogP contribution in [0.15, 0.2) is 22.9 Å². The zero-order chi connectivity index (χ0) is 15.0. The van der Waals surface area contributed by atoms with Crippen LogP contribution in [0.5, 0.6) is 0 Å². The molecule has 1 saturated carbocycles. The lowest BCUT2D eigenvalue weighted by Gasteiger charge is -2.40. The van der Waals surface area contributed by atoms with Crippen LogP contribution in [0.25, 0.3) is 0 Å². The van der Waals surface area contributed by atoms with Crippen LogP contribution >= 0.6 is 0 Å². The van der Waals surface area contributed by atoms with Crippen molar-refractivity contribution in [1.29, 1.82) is 0 Å². The van der Waals surface area contributed by atoms with Gasteiger partial charge >= 0.3 is 5.97 Å². The number of aryl methyl sites for hydroxylation is 1. The largest absolute Gasteiger partial charge is 0.477 e. The minimum atomic E-state index is -1.07. The van der Waals surface area contributed by atoms with Crippen molar-refractivity contribution in [2.45, 2.75) is 31.7 Å². The first-order valence-corrected chi connectivity index (χ1v) is 6.67. The third kappa shape index (κ3) is 2.31. The van der Waals surface area contributed by atoms with Crippen LogP contribution in [0.4, 0.5) is 0 Å². The number of hydrogen-bond donors (Lipinski definition) is 3. The highest BCUT2D eigenvalue weighted by Crippen LogP contribution is 2.40. The summed E-state index contributed by atoms with van der Waals surface area (Å²) in [4.78, 5) is 30.1. The highest BCUT2D eigenvalue weighted by Gasteiger charge is 2.43. The van der Waals surface area contributed by atoms with Gasteiger partial charge in [-0.25, -0.2) is 9.78 Å². The Kier molecular flexibility index (Phi) is 3.04. The Morgan fingerprint density at radius 2 is 2.24 bits per heavy atom. The average Bonchev–Trinajstić information content (AvgIpc) is 3.02. The monoisotopic (exact) mass is 289 g/mol. The van der Waals surface area contributed by atoms with Gasteiger partial charge in [0.15, 0.2) is 0 Å². The molecule has 21 heavy (non-hydrogen) atoms. The second-order valence-electron chi connectivity index (χ2n) is 5.29. The fraction of sp³-hybridized carbons (Fsp3) is 0.357. The summed E-state index contributed by atoms with van der Waals surface area (Å²) >= 11 is 0. The van der Waals surface area contributed by atoms with E-state index >= 15 is 0 Å². The molecule has 0 atom stereocenters. The smallest absolute Gasteiger partial charge is 0.353 e. The van der Waals surface area contributed by atoms with E-state index in [1.54, 1.807) is 13.0 Å². The number of rotatable bonds is 4. The molecule has 3 N–H and O–H groups in total. The van der Waals surface area contributed by atoms with E-state index < -0.39 is 11.5 Å². The average molecular weight is 289 g/mol. The van der Waals surface area contributed by atoms with E-state index in [0.717, 1.165) is 19.3 Å². The van der Waals surface area contributed by atoms with Gasteiger partial charge < -0.3 is 19.8 Å². The molecule has 0 radical (unpaired) electrons. The lowest BCUT2D eigenvalue weighted by molar-refractivity contribution is 0.0690. The van der Waals surface area contributed by atoms with Gasteiger partial charge in [-0.05, 0) is 32.3 Å². The number of aromatic nitrogens is 2. The molecule has 3 rings (SSSR count). The molecule has 2 heterocycles. The van der Waals surface area contributed by atoms with Gasteiger partial charge in [0.2, 0.25) is 0 Å². The third-order valence-electron chi connectivity index (χ3n) is 3.81. The van der Waals surface area contributed by atoms with Gasteiger partial charge in [-0.2, -0.15) is 0 Å². The molecule has 7 heteroatoms. The number of H-pyrrole nitrogens is 1. The summed E-state index contributed by atoms with van der Waals surface area (Å²) in [6.07, 6.45) is 5.08. The van der Waals surface area contributed by atoms with Gasteiger partial charge in [0.25, 0.3) is 5.91 Å². The van der Waals surface area contributed by atoms with Crippen molar-refractivity contribution in [3.8, 4) is 0 Å². The number of aromatic carboxylic acids is 1. The van der Waals surface area contributed by atoms with E-state index in [1.165, 1.54) is 12.5 Å². The maximum atomic E-state index is 12.3. The van der Waals surface area contributed by atoms with Crippen molar-refractivity contribution in [3.05, 3.63) is 41.4 Å². The minimum Gasteiger partial charge on any atom is -0.477 e. The predicted molar refractivity (Wildman–Crippen MR) is 72.0 cm³/mol. The molecule has 110 valence electrons. The number of nitrogens with one attached hydrogen (secondary N) is 2. The number of carbonyl (C=O) groups excluding carboxylic acids is 1. The molecule has 7 nitrogen and oxygen atoms in total. The van der Waals surface area contributed by atoms with Crippen molar-refractivity contribution < 1.29 is 19.1 Å². The van der Waals surface area contributed by atoms with Gasteiger partial charge in [-0.3, -0.25) is 4.79 Å². The molecule has 2 aromatic heterocycles. The molecule has 0 aromatic carbocycles. The molecule has 0 unspecified atom stereocenters. The number of amides is 1. The first-order valence-electron chi connectivity index (χ1n) is 6.67. The number of carboxylic acid groups (broad SMARTS) is 1. The highest BCUT2D eigenvalue weighted by molar-refractivity contribution is 5.94. The molecule has 1 aliphatic rings. The zero-order valence-electron chi connectivity index (χ0n) is 11.5. The Balaban J connectivity index is 1.83. The fourth-order valence-corrected chi connectivity index (χ4v) is 2.48. The summed E-state index contributed by atoms with van der Waals surface area (Å²) in [7, 11) is 0. The van der Waals surface area contributed by atoms with Crippen molar-refractivity contribution >= 4 is 11.9 Å². The maximum Gasteiger partial charge on any atom is 0.353 e. The number of aromatic amines is 1. The predicted octanol–water partition coefficient (Wildman–Crippen LogP) is 1.82. The summed E-state index contributed by atoms with van der Waals surface area (Å²) in [6, 6.07) is 1.66. The quantitative estimate of drug-likeness (QED) is 0.795. The van der Waals surface area contributed by atoms with Crippen LogP contribution in [0.2, 0.25) is 0 Å². The van der Waals surface area contributed by atoms with Crippen LogP contribution in [0.3, 0.4) is 0 Å². The van der Waals surface area contributed by atoms with Crippen LogP contribution < -0.4 is 5.32 Å². The minimum absolute atomic E-state index is 0.0182. The summed E-state index contributed by atoms with van der Waals surface area (Å²) in [5.74, 6) is -0.173. The van der Waals surface area contributed by atoms with E-state index in [4.69, 9.17) is 9.52 Å². The Bertz CT molecular complexity index is 697. The van der Waals surface area contributed by atoms with Crippen molar-refractivity contribution in [2.75, 3.05) is 0 Å². The molecule has 1 amide bonds. The molecular weight excluding hydrogens is 274 g/mol. The van der Waals surface area contributed by atoms with E-state index in [0.29, 0.717) is 17.1 Å². The van der Waals surface area contributed by atoms with Crippen molar-refractivity contribution in [3.63, 3.8) is 0 Å². The van der Waals surface area contributed by atoms with Crippen LogP contribution in [0, 0.1) is 6.92 Å². The summed E-state index contributed by atoms with van der Waals surface area (Å²) < 4.78 is 5.13. The van der Waals surface area contributed by atoms with E-state index in [9.17, 15) is 9.59 Å². The lowest BCUT2D eigenvalue weighted by atomic mass is 9.76. The summed E-state index contributed by atoms with van der Waals surface area (Å²) in [5, 5.41) is 11.9. The molecule has 1 fully saturated rings. The maximum absolute atomic E-state index is 12.3. The van der Waals surface area contributed by atoms with Crippen LogP contribution in [0.1, 0.15) is 51.7 Å². The molecule has 2 aromatic rings. The first-order chi connectivity index (χ1) is 10.00. The van der Waals surface area contributed by atoms with Gasteiger partial charge in [0, 0.05) is 0 Å². The summed E-state index contributed by atoms with van der Waals surface area (Å²) in [6.45, 7) is 1.77. The Hall–Kier alpha value is -2.57. The number of carboxylic acids is 1. The molecule has 1 aliphatic carbocycles. The van der Waals surface area contributed by atoms with Crippen molar-refractivity contribution in [2.24, 2.45) is 0 Å². The standard InChI is InChI=1S/C14H15N3O4/c1-8-5-9(7-21-8)11(18)17-14(3-2-4-14)13-15-6-10(16-13)12(19)20/h5-7H,2-4H2,1H3,(H,15,16)(H,17,18)(H,19,20). The third-order valence-corrected chi connectivity index (χ3v) is 3.81. The van der Waals surface area contributed by atoms with Gasteiger partial charge in [0.1, 0.15) is 23.5 Å². The fourth-order valence-electron chi connectivity index (χ4n) is 2.48. The van der Waals surface area contributed by atoms with Crippen LogP contribution in [-0.2, 0) is 5.54 Å². The van der Waals surface area contributed by atoms with E-state index in [1.807, 2.05) is 0 Å². The van der Waals surface area contributed by atoms with E-state index in [2.05, 4.69) is 15.3 Å². The van der Waals surface area contributed by atoms with Gasteiger partial charge in [-0.15, -0.1) is 0 Å². The topological polar surface area (TPSA) is 108 Å². The van der Waals surface area contributed by atoms with E-state index in [-0.39, 0.29) is 11.6 Å². The highest BCUT2D eigenvalue weighted by atomic mass is 16.4. The second kappa shape index (κ2) is 4.76. The normalized spacial score (nSPS) is 16.2. The molecule has 0 bridgehead atoms. The first kappa shape index (κ1) is 13.4. The number of nitrogens with zero attached hydrogens (tertiary/aromatic N) is 1. The summed E-state index contributed by atoms with van der Waals surface area (Å²) in [5.41, 5.74) is -0.149.